The van der Waals surface area contributed by atoms with Crippen molar-refractivity contribution in [3.63, 3.8) is 0 Å². The van der Waals surface area contributed by atoms with Gasteiger partial charge in [-0.2, -0.15) is 0 Å². The molecule has 1 aliphatic heterocycles. The van der Waals surface area contributed by atoms with Crippen molar-refractivity contribution in [2.24, 2.45) is 5.92 Å². The van der Waals surface area contributed by atoms with E-state index in [-0.39, 0.29) is 29.6 Å². The van der Waals surface area contributed by atoms with Gasteiger partial charge in [-0.15, -0.1) is 0 Å². The Labute approximate surface area is 158 Å². The highest BCUT2D eigenvalue weighted by Crippen LogP contribution is 2.59. The number of carbonyl (C=O) groups excluding carboxylic acids is 1. The number of ketones is 1. The predicted molar refractivity (Wildman–Crippen MR) is 104 cm³/mol. The molecule has 4 rings (SSSR count). The summed E-state index contributed by atoms with van der Waals surface area (Å²) in [6, 6.07) is 10.6. The Hall–Kier alpha value is -1.13. The maximum absolute atomic E-state index is 12.2. The monoisotopic (exact) mass is 354 g/mol. The molecular formula is C22H31BO3. The Kier molecular flexibility index (Phi) is 4.35. The van der Waals surface area contributed by atoms with Crippen LogP contribution in [0.2, 0.25) is 5.82 Å². The Bertz CT molecular complexity index is 652. The third kappa shape index (κ3) is 2.77. The van der Waals surface area contributed by atoms with Gasteiger partial charge in [0.15, 0.2) is 0 Å². The maximum Gasteiger partial charge on any atom is 0.462 e. The first-order valence-electron chi connectivity index (χ1n) is 10.2. The predicted octanol–water partition coefficient (Wildman–Crippen LogP) is 4.94. The topological polar surface area (TPSA) is 35.5 Å². The van der Waals surface area contributed by atoms with Crippen LogP contribution in [0.1, 0.15) is 71.8 Å². The van der Waals surface area contributed by atoms with E-state index in [9.17, 15) is 4.79 Å². The van der Waals surface area contributed by atoms with Gasteiger partial charge < -0.3 is 9.31 Å². The highest BCUT2D eigenvalue weighted by Gasteiger charge is 2.63. The Morgan fingerprint density at radius 2 is 1.50 bits per heavy atom. The van der Waals surface area contributed by atoms with Crippen LogP contribution in [-0.2, 0) is 19.5 Å². The lowest BCUT2D eigenvalue weighted by atomic mass is 9.43. The Balaban J connectivity index is 1.75. The summed E-state index contributed by atoms with van der Waals surface area (Å²) in [5, 5.41) is 0. The van der Waals surface area contributed by atoms with Gasteiger partial charge >= 0.3 is 7.12 Å². The molecule has 3 fully saturated rings. The number of rotatable bonds is 4. The molecule has 0 radical (unpaired) electrons. The molecule has 26 heavy (non-hydrogen) atoms. The first-order chi connectivity index (χ1) is 12.3. The fourth-order valence-electron chi connectivity index (χ4n) is 5.34. The van der Waals surface area contributed by atoms with Gasteiger partial charge in [-0.05, 0) is 39.2 Å². The highest BCUT2D eigenvalue weighted by molar-refractivity contribution is 6.48. The summed E-state index contributed by atoms with van der Waals surface area (Å²) in [5.41, 5.74) is 0.487. The minimum absolute atomic E-state index is 0.130. The molecule has 1 heterocycles. The summed E-state index contributed by atoms with van der Waals surface area (Å²) >= 11 is 0. The van der Waals surface area contributed by atoms with E-state index >= 15 is 0 Å². The van der Waals surface area contributed by atoms with Crippen LogP contribution in [0.5, 0.6) is 0 Å². The summed E-state index contributed by atoms with van der Waals surface area (Å²) in [6.45, 7) is 8.50. The molecule has 1 unspecified atom stereocenters. The van der Waals surface area contributed by atoms with Crippen molar-refractivity contribution < 1.29 is 14.1 Å². The fourth-order valence-corrected chi connectivity index (χ4v) is 5.34. The molecule has 1 atom stereocenters. The second kappa shape index (κ2) is 6.20. The smallest absolute Gasteiger partial charge is 0.403 e. The number of benzene rings is 1. The van der Waals surface area contributed by atoms with E-state index < -0.39 is 0 Å². The van der Waals surface area contributed by atoms with Crippen LogP contribution < -0.4 is 0 Å². The molecule has 0 N–H and O–H groups in total. The van der Waals surface area contributed by atoms with Crippen LogP contribution in [0, 0.1) is 5.92 Å². The largest absolute Gasteiger partial charge is 0.462 e. The van der Waals surface area contributed by atoms with Gasteiger partial charge in [-0.25, -0.2) is 0 Å². The van der Waals surface area contributed by atoms with Crippen molar-refractivity contribution >= 4 is 12.9 Å². The second-order valence-electron chi connectivity index (χ2n) is 9.61. The van der Waals surface area contributed by atoms with Crippen molar-refractivity contribution in [2.45, 2.75) is 88.7 Å². The van der Waals surface area contributed by atoms with E-state index in [1.54, 1.807) is 0 Å². The van der Waals surface area contributed by atoms with E-state index in [2.05, 4.69) is 58.0 Å². The molecule has 0 bridgehead atoms. The Morgan fingerprint density at radius 1 is 0.962 bits per heavy atom. The fraction of sp³-hybridized carbons (Fsp3) is 0.682. The third-order valence-electron chi connectivity index (χ3n) is 7.48. The number of hydrogen-bond donors (Lipinski definition) is 0. The van der Waals surface area contributed by atoms with Gasteiger partial charge in [0, 0.05) is 24.1 Å². The summed E-state index contributed by atoms with van der Waals surface area (Å²) in [4.78, 5) is 12.2. The number of Topliss-reactive ketones (excluding diaryl/α,β-unsaturated/α-hetero) is 1. The molecule has 2 saturated carbocycles. The quantitative estimate of drug-likeness (QED) is 0.719. The highest BCUT2D eigenvalue weighted by atomic mass is 16.7. The molecule has 0 aromatic heterocycles. The van der Waals surface area contributed by atoms with Crippen LogP contribution in [0.4, 0.5) is 0 Å². The molecule has 3 aliphatic rings. The molecule has 0 spiro atoms. The van der Waals surface area contributed by atoms with Crippen molar-refractivity contribution in [1.82, 2.24) is 0 Å². The third-order valence-corrected chi connectivity index (χ3v) is 7.48. The van der Waals surface area contributed by atoms with Gasteiger partial charge in [0.25, 0.3) is 0 Å². The average molecular weight is 354 g/mol. The molecule has 2 aliphatic carbocycles. The number of carbonyl (C=O) groups is 1. The lowest BCUT2D eigenvalue weighted by molar-refractivity contribution is -0.129. The van der Waals surface area contributed by atoms with E-state index in [1.807, 2.05) is 0 Å². The molecule has 0 amide bonds. The van der Waals surface area contributed by atoms with Crippen molar-refractivity contribution in [1.29, 1.82) is 0 Å². The van der Waals surface area contributed by atoms with Crippen LogP contribution in [0.15, 0.2) is 30.3 Å². The summed E-state index contributed by atoms with van der Waals surface area (Å²) in [5.74, 6) is 1.18. The second-order valence-corrected chi connectivity index (χ2v) is 9.61. The van der Waals surface area contributed by atoms with Crippen LogP contribution in [0.25, 0.3) is 0 Å². The lowest BCUT2D eigenvalue weighted by Crippen LogP contribution is -2.52. The van der Waals surface area contributed by atoms with E-state index in [0.29, 0.717) is 24.5 Å². The summed E-state index contributed by atoms with van der Waals surface area (Å²) in [7, 11) is -0.239. The maximum atomic E-state index is 12.2. The first-order valence-corrected chi connectivity index (χ1v) is 10.2. The number of hydrogen-bond acceptors (Lipinski definition) is 3. The van der Waals surface area contributed by atoms with Crippen LogP contribution in [0.3, 0.4) is 0 Å². The van der Waals surface area contributed by atoms with E-state index in [0.717, 1.165) is 0 Å². The zero-order chi connectivity index (χ0) is 18.6. The van der Waals surface area contributed by atoms with Gasteiger partial charge in [-0.1, -0.05) is 56.0 Å². The molecular weight excluding hydrogens is 323 g/mol. The summed E-state index contributed by atoms with van der Waals surface area (Å²) in [6.07, 6.45) is 6.25. The van der Waals surface area contributed by atoms with E-state index in [4.69, 9.17) is 9.31 Å². The minimum atomic E-state index is -0.333. The summed E-state index contributed by atoms with van der Waals surface area (Å²) < 4.78 is 13.1. The normalized spacial score (nSPS) is 28.2. The van der Waals surface area contributed by atoms with Gasteiger partial charge in [0.05, 0.1) is 11.2 Å². The van der Waals surface area contributed by atoms with Crippen molar-refractivity contribution in [2.75, 3.05) is 0 Å². The zero-order valence-electron chi connectivity index (χ0n) is 16.6. The molecule has 4 heteroatoms. The zero-order valence-corrected chi connectivity index (χ0v) is 16.6. The standard InChI is InChI=1S/C22H31BO3/c1-20(2)21(3,4)26-23(25-20)19(16-10-8-9-11-16)22(14-18(24)15-22)17-12-6-5-7-13-17/h5-7,12-13,16,19H,8-11,14-15H2,1-4H3. The lowest BCUT2D eigenvalue weighted by Gasteiger charge is -2.50. The van der Waals surface area contributed by atoms with Gasteiger partial charge in [-0.3, -0.25) is 4.79 Å². The Morgan fingerprint density at radius 3 is 2.00 bits per heavy atom. The molecule has 1 aromatic carbocycles. The minimum Gasteiger partial charge on any atom is -0.403 e. The van der Waals surface area contributed by atoms with Crippen molar-refractivity contribution in [3.8, 4) is 0 Å². The molecule has 1 aromatic rings. The van der Waals surface area contributed by atoms with Crippen molar-refractivity contribution in [3.05, 3.63) is 35.9 Å². The SMILES string of the molecule is CC1(C)OB(C(C2CCCC2)C2(c3ccccc3)CC(=O)C2)OC1(C)C. The molecule has 140 valence electrons. The van der Waals surface area contributed by atoms with Gasteiger partial charge in [0.2, 0.25) is 0 Å². The average Bonchev–Trinajstić information content (AvgIpc) is 3.13. The van der Waals surface area contributed by atoms with Crippen LogP contribution >= 0.6 is 0 Å². The molecule has 3 nitrogen and oxygen atoms in total. The van der Waals surface area contributed by atoms with E-state index in [1.165, 1.54) is 31.2 Å². The van der Waals surface area contributed by atoms with Gasteiger partial charge in [0.1, 0.15) is 5.78 Å². The molecule has 1 saturated heterocycles. The first kappa shape index (κ1) is 18.2. The van der Waals surface area contributed by atoms with Crippen LogP contribution in [-0.4, -0.2) is 24.1 Å².